The zero-order valence-electron chi connectivity index (χ0n) is 26.1. The molecule has 0 saturated carbocycles. The van der Waals surface area contributed by atoms with Crippen LogP contribution in [0.4, 0.5) is 17.1 Å². The van der Waals surface area contributed by atoms with Crippen molar-refractivity contribution in [2.24, 2.45) is 0 Å². The van der Waals surface area contributed by atoms with Crippen molar-refractivity contribution in [2.75, 3.05) is 4.90 Å². The molecule has 0 fully saturated rings. The van der Waals surface area contributed by atoms with Gasteiger partial charge in [0.1, 0.15) is 5.58 Å². The van der Waals surface area contributed by atoms with E-state index in [9.17, 15) is 0 Å². The first-order valence-corrected chi connectivity index (χ1v) is 16.2. The quantitative estimate of drug-likeness (QED) is 0.187. The van der Waals surface area contributed by atoms with E-state index in [4.69, 9.17) is 4.42 Å². The lowest BCUT2D eigenvalue weighted by atomic mass is 10.0. The third-order valence-corrected chi connectivity index (χ3v) is 9.13. The summed E-state index contributed by atoms with van der Waals surface area (Å²) >= 11 is 0. The van der Waals surface area contributed by atoms with Crippen molar-refractivity contribution in [1.29, 1.82) is 0 Å². The number of aromatic nitrogens is 1. The molecule has 48 heavy (non-hydrogen) atoms. The Hall–Kier alpha value is -6.45. The standard InChI is InChI=1S/C45H30N2O/c1-2-8-31(9-3-1)33-16-22-39(23-17-33)47(40-24-18-34(19-25-40)37-15-14-32-10-4-5-11-36(32)28-37)41-26-20-35(21-27-41)38-29-43-42-12-6-7-13-44(42)48-45(43)46-30-38/h1-30H. The van der Waals surface area contributed by atoms with E-state index in [2.05, 4.69) is 168 Å². The van der Waals surface area contributed by atoms with E-state index in [1.165, 1.54) is 33.0 Å². The number of fused-ring (bicyclic) bond motifs is 4. The minimum atomic E-state index is 0.661. The van der Waals surface area contributed by atoms with Crippen LogP contribution in [-0.4, -0.2) is 4.98 Å². The highest BCUT2D eigenvalue weighted by atomic mass is 16.3. The average Bonchev–Trinajstić information content (AvgIpc) is 3.54. The van der Waals surface area contributed by atoms with E-state index in [0.717, 1.165) is 44.5 Å². The number of para-hydroxylation sites is 1. The second kappa shape index (κ2) is 11.7. The Morgan fingerprint density at radius 1 is 0.375 bits per heavy atom. The van der Waals surface area contributed by atoms with E-state index in [1.54, 1.807) is 0 Å². The van der Waals surface area contributed by atoms with E-state index in [1.807, 2.05) is 24.4 Å². The van der Waals surface area contributed by atoms with Gasteiger partial charge in [-0.25, -0.2) is 4.98 Å². The molecule has 0 aliphatic carbocycles. The van der Waals surface area contributed by atoms with Crippen molar-refractivity contribution in [3.8, 4) is 33.4 Å². The Morgan fingerprint density at radius 2 is 0.896 bits per heavy atom. The Bertz CT molecular complexity index is 2530. The lowest BCUT2D eigenvalue weighted by Crippen LogP contribution is -2.09. The Balaban J connectivity index is 1.09. The summed E-state index contributed by atoms with van der Waals surface area (Å²) in [5.74, 6) is 0. The molecule has 0 bridgehead atoms. The van der Waals surface area contributed by atoms with Crippen molar-refractivity contribution in [2.45, 2.75) is 0 Å². The molecule has 0 amide bonds. The molecule has 3 heteroatoms. The van der Waals surface area contributed by atoms with Crippen LogP contribution in [0.15, 0.2) is 187 Å². The highest BCUT2D eigenvalue weighted by Crippen LogP contribution is 2.38. The van der Waals surface area contributed by atoms with Gasteiger partial charge in [-0.15, -0.1) is 0 Å². The van der Waals surface area contributed by atoms with Gasteiger partial charge in [-0.1, -0.05) is 121 Å². The summed E-state index contributed by atoms with van der Waals surface area (Å²) < 4.78 is 5.97. The first-order valence-electron chi connectivity index (χ1n) is 16.2. The highest BCUT2D eigenvalue weighted by Gasteiger charge is 2.15. The number of hydrogen-bond donors (Lipinski definition) is 0. The summed E-state index contributed by atoms with van der Waals surface area (Å²) in [4.78, 5) is 6.97. The van der Waals surface area contributed by atoms with Crippen LogP contribution in [0.5, 0.6) is 0 Å². The van der Waals surface area contributed by atoms with Gasteiger partial charge in [0.05, 0.1) is 0 Å². The third-order valence-electron chi connectivity index (χ3n) is 9.13. The number of anilines is 3. The SMILES string of the molecule is c1ccc(-c2ccc(N(c3ccc(-c4ccc5ccccc5c4)cc3)c3ccc(-c4cnc5oc6ccccc6c5c4)cc3)cc2)cc1. The van der Waals surface area contributed by atoms with E-state index >= 15 is 0 Å². The molecule has 9 aromatic rings. The Morgan fingerprint density at radius 3 is 1.58 bits per heavy atom. The third kappa shape index (κ3) is 5.08. The monoisotopic (exact) mass is 614 g/mol. The summed E-state index contributed by atoms with van der Waals surface area (Å²) in [7, 11) is 0. The molecule has 0 N–H and O–H groups in total. The molecule has 226 valence electrons. The fourth-order valence-corrected chi connectivity index (χ4v) is 6.62. The van der Waals surface area contributed by atoms with Crippen LogP contribution < -0.4 is 4.90 Å². The van der Waals surface area contributed by atoms with Crippen LogP contribution in [0.3, 0.4) is 0 Å². The van der Waals surface area contributed by atoms with Crippen molar-refractivity contribution >= 4 is 49.9 Å². The second-order valence-corrected chi connectivity index (χ2v) is 12.1. The Labute approximate surface area is 279 Å². The molecular formula is C45H30N2O. The van der Waals surface area contributed by atoms with Gasteiger partial charge in [-0.3, -0.25) is 0 Å². The lowest BCUT2D eigenvalue weighted by molar-refractivity contribution is 0.654. The maximum absolute atomic E-state index is 5.97. The minimum Gasteiger partial charge on any atom is -0.438 e. The van der Waals surface area contributed by atoms with Gasteiger partial charge in [0.2, 0.25) is 5.71 Å². The van der Waals surface area contributed by atoms with Crippen LogP contribution in [0.2, 0.25) is 0 Å². The maximum atomic E-state index is 5.97. The van der Waals surface area contributed by atoms with E-state index in [0.29, 0.717) is 5.71 Å². The first kappa shape index (κ1) is 27.8. The Kier molecular flexibility index (Phi) is 6.80. The molecule has 9 rings (SSSR count). The van der Waals surface area contributed by atoms with Crippen molar-refractivity contribution in [1.82, 2.24) is 4.98 Å². The minimum absolute atomic E-state index is 0.661. The predicted octanol–water partition coefficient (Wildman–Crippen LogP) is 12.6. The van der Waals surface area contributed by atoms with Crippen LogP contribution in [0, 0.1) is 0 Å². The van der Waals surface area contributed by atoms with Gasteiger partial charge in [0, 0.05) is 39.6 Å². The number of benzene rings is 7. The van der Waals surface area contributed by atoms with Gasteiger partial charge >= 0.3 is 0 Å². The highest BCUT2D eigenvalue weighted by molar-refractivity contribution is 6.04. The molecule has 0 saturated heterocycles. The molecule has 3 nitrogen and oxygen atoms in total. The molecule has 0 atom stereocenters. The number of hydrogen-bond acceptors (Lipinski definition) is 3. The summed E-state index contributed by atoms with van der Waals surface area (Å²) in [5.41, 5.74) is 11.7. The topological polar surface area (TPSA) is 29.3 Å². The normalized spacial score (nSPS) is 11.3. The molecule has 2 heterocycles. The number of nitrogens with zero attached hydrogens (tertiary/aromatic N) is 2. The smallest absolute Gasteiger partial charge is 0.227 e. The van der Waals surface area contributed by atoms with Crippen LogP contribution >= 0.6 is 0 Å². The van der Waals surface area contributed by atoms with Crippen LogP contribution in [0.25, 0.3) is 66.2 Å². The van der Waals surface area contributed by atoms with E-state index in [-0.39, 0.29) is 0 Å². The summed E-state index contributed by atoms with van der Waals surface area (Å²) in [5, 5.41) is 4.60. The summed E-state index contributed by atoms with van der Waals surface area (Å²) in [6, 6.07) is 62.4. The van der Waals surface area contributed by atoms with Gasteiger partial charge < -0.3 is 9.32 Å². The van der Waals surface area contributed by atoms with Crippen molar-refractivity contribution in [3.63, 3.8) is 0 Å². The van der Waals surface area contributed by atoms with Gasteiger partial charge in [-0.05, 0) is 93.2 Å². The lowest BCUT2D eigenvalue weighted by Gasteiger charge is -2.26. The molecular weight excluding hydrogens is 585 g/mol. The molecule has 7 aromatic carbocycles. The maximum Gasteiger partial charge on any atom is 0.227 e. The van der Waals surface area contributed by atoms with Gasteiger partial charge in [0.25, 0.3) is 0 Å². The second-order valence-electron chi connectivity index (χ2n) is 12.1. The zero-order valence-corrected chi connectivity index (χ0v) is 26.1. The fourth-order valence-electron chi connectivity index (χ4n) is 6.62. The summed E-state index contributed by atoms with van der Waals surface area (Å²) in [6.45, 7) is 0. The van der Waals surface area contributed by atoms with Crippen molar-refractivity contribution < 1.29 is 4.42 Å². The van der Waals surface area contributed by atoms with Crippen LogP contribution in [-0.2, 0) is 0 Å². The van der Waals surface area contributed by atoms with E-state index < -0.39 is 0 Å². The molecule has 0 unspecified atom stereocenters. The zero-order chi connectivity index (χ0) is 31.9. The summed E-state index contributed by atoms with van der Waals surface area (Å²) in [6.07, 6.45) is 1.89. The number of pyridine rings is 1. The number of rotatable bonds is 6. The number of furan rings is 1. The molecule has 0 spiro atoms. The predicted molar refractivity (Wildman–Crippen MR) is 200 cm³/mol. The van der Waals surface area contributed by atoms with Crippen LogP contribution in [0.1, 0.15) is 0 Å². The molecule has 2 aromatic heterocycles. The largest absolute Gasteiger partial charge is 0.438 e. The van der Waals surface area contributed by atoms with Crippen molar-refractivity contribution in [3.05, 3.63) is 182 Å². The fraction of sp³-hybridized carbons (Fsp3) is 0. The first-order chi connectivity index (χ1) is 23.8. The molecule has 0 radical (unpaired) electrons. The average molecular weight is 615 g/mol. The van der Waals surface area contributed by atoms with Gasteiger partial charge in [-0.2, -0.15) is 0 Å². The molecule has 0 aliphatic rings. The molecule has 0 aliphatic heterocycles. The van der Waals surface area contributed by atoms with Gasteiger partial charge in [0.15, 0.2) is 0 Å².